The normalized spacial score (nSPS) is 10.1. The van der Waals surface area contributed by atoms with Crippen molar-refractivity contribution in [3.05, 3.63) is 47.0 Å². The van der Waals surface area contributed by atoms with E-state index in [4.69, 9.17) is 21.1 Å². The summed E-state index contributed by atoms with van der Waals surface area (Å²) in [5.41, 5.74) is 0.147. The summed E-state index contributed by atoms with van der Waals surface area (Å²) >= 11 is 5.56. The van der Waals surface area contributed by atoms with E-state index in [2.05, 4.69) is 10.3 Å². The maximum Gasteiger partial charge on any atom is 0.258 e. The van der Waals surface area contributed by atoms with Crippen LogP contribution in [0.1, 0.15) is 10.4 Å². The molecule has 0 atom stereocenters. The van der Waals surface area contributed by atoms with Crippen LogP contribution in [0, 0.1) is 5.82 Å². The standard InChI is InChI=1S/C14H12ClFN2O3/c1-20-8-3-4-11(21-2)10(7-8)18-14(19)9-5-6-17-13(15)12(9)16/h3-7H,1-2H3,(H,18,19). The Labute approximate surface area is 125 Å². The lowest BCUT2D eigenvalue weighted by molar-refractivity contribution is 0.102. The Kier molecular flexibility index (Phi) is 4.59. The van der Waals surface area contributed by atoms with Crippen LogP contribution >= 0.6 is 11.6 Å². The number of aromatic nitrogens is 1. The molecule has 2 rings (SSSR count). The van der Waals surface area contributed by atoms with E-state index in [9.17, 15) is 9.18 Å². The minimum atomic E-state index is -0.876. The Morgan fingerprint density at radius 3 is 2.71 bits per heavy atom. The molecule has 0 aliphatic rings. The number of amides is 1. The molecule has 0 saturated heterocycles. The number of nitrogens with one attached hydrogen (secondary N) is 1. The van der Waals surface area contributed by atoms with Gasteiger partial charge in [-0.05, 0) is 18.2 Å². The highest BCUT2D eigenvalue weighted by molar-refractivity contribution is 6.30. The van der Waals surface area contributed by atoms with E-state index >= 15 is 0 Å². The first-order chi connectivity index (χ1) is 10.1. The lowest BCUT2D eigenvalue weighted by Crippen LogP contribution is -2.15. The van der Waals surface area contributed by atoms with Crippen molar-refractivity contribution in [1.29, 1.82) is 0 Å². The van der Waals surface area contributed by atoms with Crippen LogP contribution in [0.3, 0.4) is 0 Å². The van der Waals surface area contributed by atoms with E-state index in [1.807, 2.05) is 0 Å². The number of methoxy groups -OCH3 is 2. The van der Waals surface area contributed by atoms with E-state index in [0.717, 1.165) is 0 Å². The highest BCUT2D eigenvalue weighted by atomic mass is 35.5. The molecule has 1 amide bonds. The van der Waals surface area contributed by atoms with Crippen LogP contribution in [0.4, 0.5) is 10.1 Å². The first-order valence-electron chi connectivity index (χ1n) is 5.90. The summed E-state index contributed by atoms with van der Waals surface area (Å²) in [4.78, 5) is 15.7. The topological polar surface area (TPSA) is 60.5 Å². The van der Waals surface area contributed by atoms with Gasteiger partial charge < -0.3 is 14.8 Å². The third kappa shape index (κ3) is 3.22. The van der Waals surface area contributed by atoms with E-state index in [-0.39, 0.29) is 10.7 Å². The number of nitrogens with zero attached hydrogens (tertiary/aromatic N) is 1. The van der Waals surface area contributed by atoms with E-state index in [1.165, 1.54) is 26.5 Å². The maximum absolute atomic E-state index is 13.8. The molecule has 1 aromatic heterocycles. The van der Waals surface area contributed by atoms with Gasteiger partial charge in [-0.3, -0.25) is 4.79 Å². The van der Waals surface area contributed by atoms with Crippen molar-refractivity contribution in [3.8, 4) is 11.5 Å². The fourth-order valence-electron chi connectivity index (χ4n) is 1.69. The van der Waals surface area contributed by atoms with Crippen molar-refractivity contribution in [2.24, 2.45) is 0 Å². The predicted octanol–water partition coefficient (Wildman–Crippen LogP) is 3.14. The van der Waals surface area contributed by atoms with Gasteiger partial charge in [0.1, 0.15) is 11.5 Å². The SMILES string of the molecule is COc1ccc(OC)c(NC(=O)c2ccnc(Cl)c2F)c1. The zero-order valence-corrected chi connectivity index (χ0v) is 12.1. The molecule has 21 heavy (non-hydrogen) atoms. The quantitative estimate of drug-likeness (QED) is 0.881. The van der Waals surface area contributed by atoms with E-state index in [0.29, 0.717) is 17.2 Å². The third-order valence-electron chi connectivity index (χ3n) is 2.75. The summed E-state index contributed by atoms with van der Waals surface area (Å²) in [5.74, 6) is -0.592. The second-order valence-corrected chi connectivity index (χ2v) is 4.34. The average Bonchev–Trinajstić information content (AvgIpc) is 2.49. The molecule has 1 N–H and O–H groups in total. The smallest absolute Gasteiger partial charge is 0.258 e. The Bertz CT molecular complexity index is 679. The molecule has 110 valence electrons. The zero-order valence-electron chi connectivity index (χ0n) is 11.3. The predicted molar refractivity (Wildman–Crippen MR) is 76.7 cm³/mol. The van der Waals surface area contributed by atoms with Gasteiger partial charge >= 0.3 is 0 Å². The molecule has 0 unspecified atom stereocenters. The Morgan fingerprint density at radius 1 is 1.29 bits per heavy atom. The molecule has 0 aliphatic heterocycles. The van der Waals surface area contributed by atoms with Gasteiger partial charge in [0.2, 0.25) is 0 Å². The lowest BCUT2D eigenvalue weighted by atomic mass is 10.2. The van der Waals surface area contributed by atoms with Gasteiger partial charge in [0, 0.05) is 12.3 Å². The van der Waals surface area contributed by atoms with Crippen LogP contribution in [-0.4, -0.2) is 25.1 Å². The molecular weight excluding hydrogens is 299 g/mol. The van der Waals surface area contributed by atoms with Crippen LogP contribution in [0.5, 0.6) is 11.5 Å². The lowest BCUT2D eigenvalue weighted by Gasteiger charge is -2.12. The first kappa shape index (κ1) is 15.1. The van der Waals surface area contributed by atoms with Crippen molar-refractivity contribution >= 4 is 23.2 Å². The Hall–Kier alpha value is -2.34. The molecule has 0 spiro atoms. The molecular formula is C14H12ClFN2O3. The van der Waals surface area contributed by atoms with Crippen LogP contribution in [0.15, 0.2) is 30.5 Å². The van der Waals surface area contributed by atoms with Gasteiger partial charge in [0.25, 0.3) is 5.91 Å². The van der Waals surface area contributed by atoms with Crippen molar-refractivity contribution in [1.82, 2.24) is 4.98 Å². The van der Waals surface area contributed by atoms with Crippen LogP contribution in [0.25, 0.3) is 0 Å². The molecule has 0 aliphatic carbocycles. The van der Waals surface area contributed by atoms with Crippen molar-refractivity contribution < 1.29 is 18.7 Å². The van der Waals surface area contributed by atoms with Gasteiger partial charge in [-0.1, -0.05) is 11.6 Å². The molecule has 1 aromatic carbocycles. The molecule has 7 heteroatoms. The second-order valence-electron chi connectivity index (χ2n) is 3.98. The highest BCUT2D eigenvalue weighted by Crippen LogP contribution is 2.29. The average molecular weight is 311 g/mol. The molecule has 1 heterocycles. The molecule has 5 nitrogen and oxygen atoms in total. The summed E-state index contributed by atoms with van der Waals surface area (Å²) in [7, 11) is 2.96. The summed E-state index contributed by atoms with van der Waals surface area (Å²) < 4.78 is 24.0. The number of halogens is 2. The number of pyridine rings is 1. The summed E-state index contributed by atoms with van der Waals surface area (Å²) in [5, 5.41) is 2.19. The number of benzene rings is 1. The van der Waals surface area contributed by atoms with Crippen molar-refractivity contribution in [3.63, 3.8) is 0 Å². The summed E-state index contributed by atoms with van der Waals surface area (Å²) in [6, 6.07) is 6.11. The Balaban J connectivity index is 2.33. The minimum Gasteiger partial charge on any atom is -0.497 e. The van der Waals surface area contributed by atoms with Gasteiger partial charge in [0.15, 0.2) is 11.0 Å². The fourth-order valence-corrected chi connectivity index (χ4v) is 1.85. The van der Waals surface area contributed by atoms with Crippen LogP contribution in [-0.2, 0) is 0 Å². The number of ether oxygens (including phenoxy) is 2. The minimum absolute atomic E-state index is 0.208. The summed E-state index contributed by atoms with van der Waals surface area (Å²) in [6.07, 6.45) is 1.25. The van der Waals surface area contributed by atoms with E-state index < -0.39 is 11.7 Å². The van der Waals surface area contributed by atoms with Gasteiger partial charge in [-0.15, -0.1) is 0 Å². The monoisotopic (exact) mass is 310 g/mol. The number of hydrogen-bond acceptors (Lipinski definition) is 4. The third-order valence-corrected chi connectivity index (χ3v) is 3.01. The number of carbonyl (C=O) groups is 1. The van der Waals surface area contributed by atoms with Gasteiger partial charge in [-0.25, -0.2) is 9.37 Å². The molecule has 0 bridgehead atoms. The zero-order chi connectivity index (χ0) is 15.4. The van der Waals surface area contributed by atoms with Gasteiger partial charge in [0.05, 0.1) is 25.5 Å². The Morgan fingerprint density at radius 2 is 2.05 bits per heavy atom. The molecule has 0 saturated carbocycles. The van der Waals surface area contributed by atoms with Crippen molar-refractivity contribution in [2.45, 2.75) is 0 Å². The summed E-state index contributed by atoms with van der Waals surface area (Å²) in [6.45, 7) is 0. The molecule has 2 aromatic rings. The molecule has 0 fully saturated rings. The van der Waals surface area contributed by atoms with Crippen LogP contribution < -0.4 is 14.8 Å². The fraction of sp³-hybridized carbons (Fsp3) is 0.143. The number of carbonyl (C=O) groups excluding carboxylic acids is 1. The largest absolute Gasteiger partial charge is 0.497 e. The maximum atomic E-state index is 13.8. The van der Waals surface area contributed by atoms with Crippen molar-refractivity contribution in [2.75, 3.05) is 19.5 Å². The number of hydrogen-bond donors (Lipinski definition) is 1. The number of anilines is 1. The molecule has 0 radical (unpaired) electrons. The van der Waals surface area contributed by atoms with Gasteiger partial charge in [-0.2, -0.15) is 0 Å². The number of rotatable bonds is 4. The second kappa shape index (κ2) is 6.41. The van der Waals surface area contributed by atoms with Crippen LogP contribution in [0.2, 0.25) is 5.15 Å². The highest BCUT2D eigenvalue weighted by Gasteiger charge is 2.17. The van der Waals surface area contributed by atoms with E-state index in [1.54, 1.807) is 18.2 Å². The first-order valence-corrected chi connectivity index (χ1v) is 6.28.